The number of hydrogen-bond acceptors (Lipinski definition) is 3. The predicted molar refractivity (Wildman–Crippen MR) is 99.1 cm³/mol. The lowest BCUT2D eigenvalue weighted by atomic mass is 10.0. The summed E-state index contributed by atoms with van der Waals surface area (Å²) < 4.78 is 5.85. The van der Waals surface area contributed by atoms with Gasteiger partial charge in [0.1, 0.15) is 0 Å². The van der Waals surface area contributed by atoms with Crippen molar-refractivity contribution in [3.63, 3.8) is 0 Å². The molecule has 3 aliphatic rings. The van der Waals surface area contributed by atoms with Crippen LogP contribution < -0.4 is 5.32 Å². The summed E-state index contributed by atoms with van der Waals surface area (Å²) in [5.41, 5.74) is 4.43. The Hall–Kier alpha value is -1.59. The second-order valence-electron chi connectivity index (χ2n) is 7.98. The number of carbonyl (C=O) groups excluding carboxylic acids is 1. The van der Waals surface area contributed by atoms with Gasteiger partial charge in [0.25, 0.3) is 0 Å². The molecule has 2 heterocycles. The lowest BCUT2D eigenvalue weighted by Gasteiger charge is -2.48. The van der Waals surface area contributed by atoms with Crippen molar-refractivity contribution in [2.75, 3.05) is 38.2 Å². The first-order chi connectivity index (χ1) is 12.0. The maximum absolute atomic E-state index is 12.8. The minimum absolute atomic E-state index is 0.0169. The Balaban J connectivity index is 1.42. The van der Waals surface area contributed by atoms with Crippen LogP contribution in [0.5, 0.6) is 0 Å². The third-order valence-electron chi connectivity index (χ3n) is 5.92. The summed E-state index contributed by atoms with van der Waals surface area (Å²) in [6.07, 6.45) is 2.68. The average Bonchev–Trinajstić information content (AvgIpc) is 3.41. The van der Waals surface area contributed by atoms with E-state index in [1.54, 1.807) is 0 Å². The van der Waals surface area contributed by atoms with Crippen molar-refractivity contribution in [2.24, 2.45) is 5.92 Å². The topological polar surface area (TPSA) is 44.8 Å². The van der Waals surface area contributed by atoms with Crippen LogP contribution in [-0.2, 0) is 4.74 Å². The summed E-state index contributed by atoms with van der Waals surface area (Å²) >= 11 is 0. The summed E-state index contributed by atoms with van der Waals surface area (Å²) in [4.78, 5) is 17.4. The van der Waals surface area contributed by atoms with Crippen LogP contribution in [0.1, 0.15) is 29.5 Å². The van der Waals surface area contributed by atoms with Gasteiger partial charge in [0.2, 0.25) is 0 Å². The molecule has 0 aromatic heterocycles. The smallest absolute Gasteiger partial charge is 0.321 e. The highest BCUT2D eigenvalue weighted by Crippen LogP contribution is 2.38. The van der Waals surface area contributed by atoms with Crippen LogP contribution in [0.15, 0.2) is 12.1 Å². The molecule has 0 bridgehead atoms. The highest BCUT2D eigenvalue weighted by Gasteiger charge is 2.43. The molecule has 136 valence electrons. The van der Waals surface area contributed by atoms with Crippen LogP contribution >= 0.6 is 0 Å². The summed E-state index contributed by atoms with van der Waals surface area (Å²) in [7, 11) is 0. The summed E-state index contributed by atoms with van der Waals surface area (Å²) in [5.74, 6) is 0.820. The van der Waals surface area contributed by atoms with E-state index in [9.17, 15) is 4.79 Å². The summed E-state index contributed by atoms with van der Waals surface area (Å²) in [6, 6.07) is 5.18. The molecule has 1 aromatic carbocycles. The monoisotopic (exact) mass is 343 g/mol. The molecule has 1 saturated carbocycles. The Morgan fingerprint density at radius 1 is 1.12 bits per heavy atom. The summed E-state index contributed by atoms with van der Waals surface area (Å²) in [6.45, 7) is 10.4. The van der Waals surface area contributed by atoms with Crippen molar-refractivity contribution in [3.8, 4) is 0 Å². The number of benzene rings is 1. The molecule has 1 N–H and O–H groups in total. The molecule has 2 amide bonds. The molecule has 4 rings (SSSR count). The molecular weight excluding hydrogens is 314 g/mol. The van der Waals surface area contributed by atoms with E-state index >= 15 is 0 Å². The first-order valence-corrected chi connectivity index (χ1v) is 9.50. The highest BCUT2D eigenvalue weighted by molar-refractivity contribution is 5.91. The zero-order chi connectivity index (χ0) is 17.6. The van der Waals surface area contributed by atoms with Gasteiger partial charge in [-0.3, -0.25) is 4.90 Å². The lowest BCUT2D eigenvalue weighted by molar-refractivity contribution is -0.0796. The number of amides is 2. The fourth-order valence-corrected chi connectivity index (χ4v) is 4.51. The lowest BCUT2D eigenvalue weighted by Crippen LogP contribution is -2.63. The zero-order valence-corrected chi connectivity index (χ0v) is 15.5. The van der Waals surface area contributed by atoms with Gasteiger partial charge < -0.3 is 15.0 Å². The number of aryl methyl sites for hydroxylation is 3. The predicted octanol–water partition coefficient (Wildman–Crippen LogP) is 2.94. The number of piperazine rings is 1. The van der Waals surface area contributed by atoms with Gasteiger partial charge in [0.15, 0.2) is 0 Å². The first kappa shape index (κ1) is 16.9. The van der Waals surface area contributed by atoms with Crippen molar-refractivity contribution in [1.29, 1.82) is 0 Å². The van der Waals surface area contributed by atoms with E-state index in [1.165, 1.54) is 18.4 Å². The standard InChI is InChI=1S/C20H29N3O2/c1-13-8-14(2)19(15(3)9-13)21-20(24)22-6-7-23-17(10-22)11-25-12-18(23)16-4-5-16/h8-9,16-18H,4-7,10-12H2,1-3H3,(H,21,24)/t17-,18-/m1/s1. The minimum Gasteiger partial charge on any atom is -0.378 e. The second kappa shape index (κ2) is 6.61. The molecular formula is C20H29N3O2. The molecule has 2 aliphatic heterocycles. The fourth-order valence-electron chi connectivity index (χ4n) is 4.51. The Morgan fingerprint density at radius 3 is 2.52 bits per heavy atom. The van der Waals surface area contributed by atoms with Gasteiger partial charge in [-0.1, -0.05) is 17.7 Å². The van der Waals surface area contributed by atoms with Crippen molar-refractivity contribution in [1.82, 2.24) is 9.80 Å². The van der Waals surface area contributed by atoms with E-state index in [4.69, 9.17) is 4.74 Å². The van der Waals surface area contributed by atoms with Crippen LogP contribution in [0.3, 0.4) is 0 Å². The van der Waals surface area contributed by atoms with Crippen molar-refractivity contribution in [2.45, 2.75) is 45.7 Å². The second-order valence-corrected chi connectivity index (χ2v) is 7.98. The minimum atomic E-state index is 0.0169. The molecule has 5 nitrogen and oxygen atoms in total. The van der Waals surface area contributed by atoms with Gasteiger partial charge in [-0.2, -0.15) is 0 Å². The molecule has 1 aromatic rings. The third-order valence-corrected chi connectivity index (χ3v) is 5.92. The quantitative estimate of drug-likeness (QED) is 0.898. The maximum atomic E-state index is 12.8. The zero-order valence-electron chi connectivity index (χ0n) is 15.5. The maximum Gasteiger partial charge on any atom is 0.321 e. The number of urea groups is 1. The van der Waals surface area contributed by atoms with E-state index in [-0.39, 0.29) is 6.03 Å². The van der Waals surface area contributed by atoms with Crippen LogP contribution in [0.2, 0.25) is 0 Å². The molecule has 5 heteroatoms. The van der Waals surface area contributed by atoms with E-state index in [0.717, 1.165) is 55.6 Å². The number of carbonyl (C=O) groups is 1. The van der Waals surface area contributed by atoms with Crippen molar-refractivity contribution in [3.05, 3.63) is 28.8 Å². The van der Waals surface area contributed by atoms with Gasteiger partial charge in [-0.15, -0.1) is 0 Å². The number of rotatable bonds is 2. The molecule has 2 saturated heterocycles. The van der Waals surface area contributed by atoms with Gasteiger partial charge >= 0.3 is 6.03 Å². The number of hydrogen-bond donors (Lipinski definition) is 1. The normalized spacial score (nSPS) is 27.1. The number of morpholine rings is 1. The number of nitrogens with one attached hydrogen (secondary N) is 1. The fraction of sp³-hybridized carbons (Fsp3) is 0.650. The Labute approximate surface area is 150 Å². The van der Waals surface area contributed by atoms with Gasteiger partial charge in [0.05, 0.1) is 19.3 Å². The highest BCUT2D eigenvalue weighted by atomic mass is 16.5. The number of fused-ring (bicyclic) bond motifs is 1. The van der Waals surface area contributed by atoms with Crippen LogP contribution in [-0.4, -0.2) is 60.8 Å². The van der Waals surface area contributed by atoms with Gasteiger partial charge in [0, 0.05) is 31.4 Å². The molecule has 1 aliphatic carbocycles. The third kappa shape index (κ3) is 3.40. The molecule has 0 radical (unpaired) electrons. The first-order valence-electron chi connectivity index (χ1n) is 9.50. The van der Waals surface area contributed by atoms with Crippen LogP contribution in [0.25, 0.3) is 0 Å². The Bertz CT molecular complexity index is 648. The van der Waals surface area contributed by atoms with E-state index in [1.807, 2.05) is 4.90 Å². The van der Waals surface area contributed by atoms with Crippen molar-refractivity contribution < 1.29 is 9.53 Å². The molecule has 0 spiro atoms. The molecule has 3 fully saturated rings. The number of ether oxygens (including phenoxy) is 1. The Morgan fingerprint density at radius 2 is 1.84 bits per heavy atom. The van der Waals surface area contributed by atoms with Crippen molar-refractivity contribution >= 4 is 11.7 Å². The SMILES string of the molecule is Cc1cc(C)c(NC(=O)N2CCN3[C@@H](COC[C@@H]3C3CC3)C2)c(C)c1. The van der Waals surface area contributed by atoms with Gasteiger partial charge in [-0.05, 0) is 50.7 Å². The molecule has 2 atom stereocenters. The average molecular weight is 343 g/mol. The molecule has 0 unspecified atom stereocenters. The van der Waals surface area contributed by atoms with Crippen LogP contribution in [0.4, 0.5) is 10.5 Å². The molecule has 25 heavy (non-hydrogen) atoms. The van der Waals surface area contributed by atoms with E-state index in [0.29, 0.717) is 12.1 Å². The van der Waals surface area contributed by atoms with Gasteiger partial charge in [-0.25, -0.2) is 4.79 Å². The number of anilines is 1. The van der Waals surface area contributed by atoms with E-state index in [2.05, 4.69) is 43.1 Å². The van der Waals surface area contributed by atoms with E-state index < -0.39 is 0 Å². The number of nitrogens with zero attached hydrogens (tertiary/aromatic N) is 2. The largest absolute Gasteiger partial charge is 0.378 e. The summed E-state index contributed by atoms with van der Waals surface area (Å²) in [5, 5.41) is 3.14. The van der Waals surface area contributed by atoms with Crippen LogP contribution in [0, 0.1) is 26.7 Å². The Kier molecular flexibility index (Phi) is 4.46.